The molecule has 0 amide bonds. The Labute approximate surface area is 146 Å². The minimum absolute atomic E-state index is 0.217. The van der Waals surface area contributed by atoms with Gasteiger partial charge >= 0.3 is 0 Å². The summed E-state index contributed by atoms with van der Waals surface area (Å²) >= 11 is 0. The van der Waals surface area contributed by atoms with E-state index in [4.69, 9.17) is 4.74 Å². The van der Waals surface area contributed by atoms with E-state index in [1.165, 1.54) is 6.07 Å². The number of likely N-dealkylation sites (tertiary alicyclic amines) is 1. The number of benzene rings is 1. The first-order valence-corrected chi connectivity index (χ1v) is 8.57. The van der Waals surface area contributed by atoms with E-state index >= 15 is 0 Å². The Morgan fingerprint density at radius 1 is 1.32 bits per heavy atom. The lowest BCUT2D eigenvalue weighted by Gasteiger charge is -2.33. The molecular formula is C18H24F2N4O. The average Bonchev–Trinajstić information content (AvgIpc) is 3.04. The number of nitrogens with one attached hydrogen (secondary N) is 1. The SMILES string of the molecule is COCCn1cncc1CN1CCCC(Nc2ccc(F)c(F)c2)C1. The molecule has 1 aliphatic rings. The zero-order valence-corrected chi connectivity index (χ0v) is 14.4. The molecule has 5 nitrogen and oxygen atoms in total. The molecule has 1 unspecified atom stereocenters. The van der Waals surface area contributed by atoms with Crippen LogP contribution in [0.3, 0.4) is 0 Å². The van der Waals surface area contributed by atoms with Gasteiger partial charge in [0.2, 0.25) is 0 Å². The van der Waals surface area contributed by atoms with E-state index in [1.54, 1.807) is 13.2 Å². The third kappa shape index (κ3) is 4.76. The molecule has 0 spiro atoms. The highest BCUT2D eigenvalue weighted by Gasteiger charge is 2.21. The average molecular weight is 350 g/mol. The van der Waals surface area contributed by atoms with Crippen LogP contribution in [0.4, 0.5) is 14.5 Å². The van der Waals surface area contributed by atoms with Gasteiger partial charge in [-0.05, 0) is 31.5 Å². The van der Waals surface area contributed by atoms with Crippen LogP contribution in [0.25, 0.3) is 0 Å². The molecule has 25 heavy (non-hydrogen) atoms. The van der Waals surface area contributed by atoms with E-state index in [9.17, 15) is 8.78 Å². The maximum absolute atomic E-state index is 13.4. The molecule has 0 radical (unpaired) electrons. The molecule has 0 aliphatic carbocycles. The first-order chi connectivity index (χ1) is 12.2. The van der Waals surface area contributed by atoms with E-state index < -0.39 is 11.6 Å². The van der Waals surface area contributed by atoms with Crippen molar-refractivity contribution in [1.29, 1.82) is 0 Å². The van der Waals surface area contributed by atoms with Gasteiger partial charge in [-0.2, -0.15) is 0 Å². The maximum atomic E-state index is 13.4. The summed E-state index contributed by atoms with van der Waals surface area (Å²) in [6, 6.07) is 4.17. The van der Waals surface area contributed by atoms with Crippen LogP contribution in [0.1, 0.15) is 18.5 Å². The Balaban J connectivity index is 1.57. The number of hydrogen-bond donors (Lipinski definition) is 1. The van der Waals surface area contributed by atoms with Crippen LogP contribution < -0.4 is 5.32 Å². The smallest absolute Gasteiger partial charge is 0.160 e. The number of aromatic nitrogens is 2. The highest BCUT2D eigenvalue weighted by atomic mass is 19.2. The van der Waals surface area contributed by atoms with Crippen molar-refractivity contribution in [2.75, 3.05) is 32.1 Å². The minimum Gasteiger partial charge on any atom is -0.383 e. The fourth-order valence-corrected chi connectivity index (χ4v) is 3.24. The molecule has 3 rings (SSSR count). The Morgan fingerprint density at radius 2 is 2.20 bits per heavy atom. The fraction of sp³-hybridized carbons (Fsp3) is 0.500. The molecule has 1 aliphatic heterocycles. The van der Waals surface area contributed by atoms with Crippen molar-refractivity contribution in [1.82, 2.24) is 14.5 Å². The fourth-order valence-electron chi connectivity index (χ4n) is 3.24. The Morgan fingerprint density at radius 3 is 3.00 bits per heavy atom. The zero-order valence-electron chi connectivity index (χ0n) is 14.4. The highest BCUT2D eigenvalue weighted by molar-refractivity contribution is 5.44. The van der Waals surface area contributed by atoms with Crippen LogP contribution in [0.2, 0.25) is 0 Å². The van der Waals surface area contributed by atoms with E-state index in [0.717, 1.165) is 50.8 Å². The van der Waals surface area contributed by atoms with Gasteiger partial charge in [-0.15, -0.1) is 0 Å². The molecule has 136 valence electrons. The van der Waals surface area contributed by atoms with Crippen LogP contribution >= 0.6 is 0 Å². The number of nitrogens with zero attached hydrogens (tertiary/aromatic N) is 3. The largest absolute Gasteiger partial charge is 0.383 e. The summed E-state index contributed by atoms with van der Waals surface area (Å²) in [5, 5.41) is 3.32. The van der Waals surface area contributed by atoms with Gasteiger partial charge in [-0.3, -0.25) is 4.90 Å². The quantitative estimate of drug-likeness (QED) is 0.834. The molecule has 1 atom stereocenters. The van der Waals surface area contributed by atoms with Gasteiger partial charge < -0.3 is 14.6 Å². The zero-order chi connectivity index (χ0) is 17.6. The normalized spacial score (nSPS) is 18.4. The van der Waals surface area contributed by atoms with E-state index in [0.29, 0.717) is 12.3 Å². The van der Waals surface area contributed by atoms with Crippen LogP contribution in [0.15, 0.2) is 30.7 Å². The van der Waals surface area contributed by atoms with Crippen LogP contribution in [0, 0.1) is 11.6 Å². The van der Waals surface area contributed by atoms with Gasteiger partial charge in [0.25, 0.3) is 0 Å². The van der Waals surface area contributed by atoms with Crippen LogP contribution in [0.5, 0.6) is 0 Å². The summed E-state index contributed by atoms with van der Waals surface area (Å²) in [6.07, 6.45) is 5.79. The first kappa shape index (κ1) is 17.8. The first-order valence-electron chi connectivity index (χ1n) is 8.57. The van der Waals surface area contributed by atoms with Crippen molar-refractivity contribution >= 4 is 5.69 Å². The number of anilines is 1. The summed E-state index contributed by atoms with van der Waals surface area (Å²) in [6.45, 7) is 4.14. The number of ether oxygens (including phenoxy) is 1. The Hall–Kier alpha value is -1.99. The van der Waals surface area contributed by atoms with E-state index in [2.05, 4.69) is 19.8 Å². The standard InChI is InChI=1S/C18H24F2N4O/c1-25-8-7-24-13-21-10-16(24)12-23-6-2-3-15(11-23)22-14-4-5-17(19)18(20)9-14/h4-5,9-10,13,15,22H,2-3,6-8,11-12H2,1H3. The van der Waals surface area contributed by atoms with Crippen molar-refractivity contribution in [2.45, 2.75) is 32.0 Å². The monoisotopic (exact) mass is 350 g/mol. The molecule has 7 heteroatoms. The number of rotatable bonds is 7. The van der Waals surface area contributed by atoms with Crippen molar-refractivity contribution < 1.29 is 13.5 Å². The summed E-state index contributed by atoms with van der Waals surface area (Å²) in [5.41, 5.74) is 1.78. The maximum Gasteiger partial charge on any atom is 0.160 e. The van der Waals surface area contributed by atoms with Crippen molar-refractivity contribution in [2.24, 2.45) is 0 Å². The molecule has 1 aromatic carbocycles. The predicted molar refractivity (Wildman–Crippen MR) is 92.4 cm³/mol. The third-order valence-corrected chi connectivity index (χ3v) is 4.52. The summed E-state index contributed by atoms with van der Waals surface area (Å²) in [5.74, 6) is -1.64. The molecular weight excluding hydrogens is 326 g/mol. The van der Waals surface area contributed by atoms with Gasteiger partial charge in [-0.1, -0.05) is 0 Å². The van der Waals surface area contributed by atoms with Gasteiger partial charge in [0.15, 0.2) is 11.6 Å². The topological polar surface area (TPSA) is 42.3 Å². The summed E-state index contributed by atoms with van der Waals surface area (Å²) in [7, 11) is 1.69. The second kappa shape index (κ2) is 8.40. The summed E-state index contributed by atoms with van der Waals surface area (Å²) < 4.78 is 33.7. The Kier molecular flexibility index (Phi) is 5.99. The molecule has 0 bridgehead atoms. The molecule has 2 aromatic rings. The molecule has 1 N–H and O–H groups in total. The van der Waals surface area contributed by atoms with E-state index in [-0.39, 0.29) is 6.04 Å². The molecule has 0 saturated carbocycles. The lowest BCUT2D eigenvalue weighted by Crippen LogP contribution is -2.42. The van der Waals surface area contributed by atoms with Crippen LogP contribution in [-0.2, 0) is 17.8 Å². The van der Waals surface area contributed by atoms with Crippen molar-refractivity contribution in [3.05, 3.63) is 48.1 Å². The van der Waals surface area contributed by atoms with E-state index in [1.807, 2.05) is 12.5 Å². The Bertz CT molecular complexity index is 691. The van der Waals surface area contributed by atoms with Crippen molar-refractivity contribution in [3.8, 4) is 0 Å². The second-order valence-electron chi connectivity index (χ2n) is 6.42. The van der Waals surface area contributed by atoms with Gasteiger partial charge in [0.05, 0.1) is 18.6 Å². The molecule has 1 saturated heterocycles. The molecule has 1 aromatic heterocycles. The van der Waals surface area contributed by atoms with Gasteiger partial charge in [-0.25, -0.2) is 13.8 Å². The lowest BCUT2D eigenvalue weighted by atomic mass is 10.0. The molecule has 1 fully saturated rings. The minimum atomic E-state index is -0.820. The van der Waals surface area contributed by atoms with Crippen LogP contribution in [-0.4, -0.2) is 47.3 Å². The number of halogens is 2. The number of imidazole rings is 1. The number of hydrogen-bond acceptors (Lipinski definition) is 4. The van der Waals surface area contributed by atoms with Crippen molar-refractivity contribution in [3.63, 3.8) is 0 Å². The lowest BCUT2D eigenvalue weighted by molar-refractivity contribution is 0.180. The highest BCUT2D eigenvalue weighted by Crippen LogP contribution is 2.19. The van der Waals surface area contributed by atoms with Gasteiger partial charge in [0, 0.05) is 50.7 Å². The second-order valence-corrected chi connectivity index (χ2v) is 6.42. The number of piperidine rings is 1. The predicted octanol–water partition coefficient (Wildman–Crippen LogP) is 2.88. The third-order valence-electron chi connectivity index (χ3n) is 4.52. The number of methoxy groups -OCH3 is 1. The van der Waals surface area contributed by atoms with Gasteiger partial charge in [0.1, 0.15) is 0 Å². The molecule has 2 heterocycles. The summed E-state index contributed by atoms with van der Waals surface area (Å²) in [4.78, 5) is 6.60.